The van der Waals surface area contributed by atoms with E-state index in [1.807, 2.05) is 6.07 Å². The first-order valence-corrected chi connectivity index (χ1v) is 4.94. The summed E-state index contributed by atoms with van der Waals surface area (Å²) >= 11 is 0. The van der Waals surface area contributed by atoms with Gasteiger partial charge in [0.1, 0.15) is 5.82 Å². The van der Waals surface area contributed by atoms with Crippen LogP contribution in [0.15, 0.2) is 18.2 Å². The third-order valence-corrected chi connectivity index (χ3v) is 2.91. The van der Waals surface area contributed by atoms with Crippen LogP contribution in [-0.2, 0) is 12.8 Å². The molecule has 0 bridgehead atoms. The SMILES string of the molecule is N#CCC1CCc2c(F)cccc2C1. The Morgan fingerprint density at radius 2 is 2.36 bits per heavy atom. The quantitative estimate of drug-likeness (QED) is 0.666. The van der Waals surface area contributed by atoms with Crippen molar-refractivity contribution < 1.29 is 4.39 Å². The van der Waals surface area contributed by atoms with Gasteiger partial charge in [-0.3, -0.25) is 0 Å². The molecular formula is C12H12FN. The summed E-state index contributed by atoms with van der Waals surface area (Å²) < 4.78 is 13.3. The molecular weight excluding hydrogens is 177 g/mol. The summed E-state index contributed by atoms with van der Waals surface area (Å²) in [4.78, 5) is 0. The van der Waals surface area contributed by atoms with Gasteiger partial charge in [0.2, 0.25) is 0 Å². The summed E-state index contributed by atoms with van der Waals surface area (Å²) in [5.74, 6) is 0.340. The third-order valence-electron chi connectivity index (χ3n) is 2.91. The Hall–Kier alpha value is -1.36. The molecule has 1 aliphatic rings. The molecule has 0 saturated heterocycles. The van der Waals surface area contributed by atoms with Gasteiger partial charge in [-0.05, 0) is 42.4 Å². The van der Waals surface area contributed by atoms with E-state index in [1.54, 1.807) is 6.07 Å². The van der Waals surface area contributed by atoms with Gasteiger partial charge in [-0.25, -0.2) is 4.39 Å². The normalized spacial score (nSPS) is 19.9. The van der Waals surface area contributed by atoms with E-state index < -0.39 is 0 Å². The predicted molar refractivity (Wildman–Crippen MR) is 52.1 cm³/mol. The average Bonchev–Trinajstić information content (AvgIpc) is 2.18. The zero-order valence-electron chi connectivity index (χ0n) is 7.96. The Kier molecular flexibility index (Phi) is 2.49. The minimum atomic E-state index is -0.0853. The second-order valence-electron chi connectivity index (χ2n) is 3.85. The minimum Gasteiger partial charge on any atom is -0.207 e. The number of rotatable bonds is 1. The predicted octanol–water partition coefficient (Wildman–Crippen LogP) is 2.84. The first-order chi connectivity index (χ1) is 6.81. The molecule has 2 rings (SSSR count). The van der Waals surface area contributed by atoms with Crippen LogP contribution < -0.4 is 0 Å². The first kappa shape index (κ1) is 9.21. The highest BCUT2D eigenvalue weighted by atomic mass is 19.1. The van der Waals surface area contributed by atoms with Gasteiger partial charge in [0.25, 0.3) is 0 Å². The lowest BCUT2D eigenvalue weighted by molar-refractivity contribution is 0.454. The van der Waals surface area contributed by atoms with Gasteiger partial charge in [-0.2, -0.15) is 5.26 Å². The van der Waals surface area contributed by atoms with Crippen molar-refractivity contribution in [2.45, 2.75) is 25.7 Å². The number of hydrogen-bond acceptors (Lipinski definition) is 1. The summed E-state index contributed by atoms with van der Waals surface area (Å²) in [6.45, 7) is 0. The molecule has 0 radical (unpaired) electrons. The molecule has 1 aromatic carbocycles. The first-order valence-electron chi connectivity index (χ1n) is 4.94. The summed E-state index contributed by atoms with van der Waals surface area (Å²) in [5, 5.41) is 8.60. The van der Waals surface area contributed by atoms with Gasteiger partial charge in [-0.15, -0.1) is 0 Å². The fraction of sp³-hybridized carbons (Fsp3) is 0.417. The van der Waals surface area contributed by atoms with Crippen LogP contribution >= 0.6 is 0 Å². The molecule has 14 heavy (non-hydrogen) atoms. The van der Waals surface area contributed by atoms with E-state index in [9.17, 15) is 4.39 Å². The lowest BCUT2D eigenvalue weighted by Crippen LogP contribution is -2.14. The smallest absolute Gasteiger partial charge is 0.126 e. The zero-order valence-corrected chi connectivity index (χ0v) is 7.96. The van der Waals surface area contributed by atoms with Crippen molar-refractivity contribution in [3.8, 4) is 6.07 Å². The topological polar surface area (TPSA) is 23.8 Å². The van der Waals surface area contributed by atoms with Gasteiger partial charge in [0, 0.05) is 6.42 Å². The van der Waals surface area contributed by atoms with Crippen LogP contribution in [-0.4, -0.2) is 0 Å². The number of halogens is 1. The summed E-state index contributed by atoms with van der Waals surface area (Å²) in [6.07, 6.45) is 3.19. The number of hydrogen-bond donors (Lipinski definition) is 0. The minimum absolute atomic E-state index is 0.0853. The van der Waals surface area contributed by atoms with E-state index in [0.717, 1.165) is 30.4 Å². The van der Waals surface area contributed by atoms with Crippen molar-refractivity contribution >= 4 is 0 Å². The molecule has 1 atom stereocenters. The Morgan fingerprint density at radius 3 is 3.14 bits per heavy atom. The number of fused-ring (bicyclic) bond motifs is 1. The molecule has 1 aromatic rings. The van der Waals surface area contributed by atoms with Crippen LogP contribution in [0.1, 0.15) is 24.0 Å². The van der Waals surface area contributed by atoms with E-state index in [-0.39, 0.29) is 5.82 Å². The van der Waals surface area contributed by atoms with E-state index in [4.69, 9.17) is 5.26 Å². The molecule has 2 heteroatoms. The van der Waals surface area contributed by atoms with Crippen LogP contribution in [0.3, 0.4) is 0 Å². The van der Waals surface area contributed by atoms with Crippen molar-refractivity contribution in [2.24, 2.45) is 5.92 Å². The van der Waals surface area contributed by atoms with E-state index in [1.165, 1.54) is 6.07 Å². The van der Waals surface area contributed by atoms with Crippen molar-refractivity contribution in [1.82, 2.24) is 0 Å². The maximum Gasteiger partial charge on any atom is 0.126 e. The molecule has 0 amide bonds. The average molecular weight is 189 g/mol. The maximum absolute atomic E-state index is 13.3. The molecule has 1 aliphatic carbocycles. The highest BCUT2D eigenvalue weighted by molar-refractivity contribution is 5.31. The molecule has 0 heterocycles. The monoisotopic (exact) mass is 189 g/mol. The summed E-state index contributed by atoms with van der Waals surface area (Å²) in [7, 11) is 0. The number of nitrogens with zero attached hydrogens (tertiary/aromatic N) is 1. The van der Waals surface area contributed by atoms with Crippen molar-refractivity contribution in [2.75, 3.05) is 0 Å². The second-order valence-corrected chi connectivity index (χ2v) is 3.85. The van der Waals surface area contributed by atoms with Gasteiger partial charge in [0.05, 0.1) is 6.07 Å². The van der Waals surface area contributed by atoms with Crippen molar-refractivity contribution in [3.05, 3.63) is 35.1 Å². The molecule has 72 valence electrons. The summed E-state index contributed by atoms with van der Waals surface area (Å²) in [5.41, 5.74) is 1.96. The maximum atomic E-state index is 13.3. The molecule has 0 aromatic heterocycles. The Morgan fingerprint density at radius 1 is 1.50 bits per heavy atom. The molecule has 1 unspecified atom stereocenters. The lowest BCUT2D eigenvalue weighted by atomic mass is 9.82. The summed E-state index contributed by atoms with van der Waals surface area (Å²) in [6, 6.07) is 7.43. The van der Waals surface area contributed by atoms with Crippen LogP contribution in [0.25, 0.3) is 0 Å². The lowest BCUT2D eigenvalue weighted by Gasteiger charge is -2.22. The van der Waals surface area contributed by atoms with Crippen molar-refractivity contribution in [3.63, 3.8) is 0 Å². The van der Waals surface area contributed by atoms with Crippen LogP contribution in [0.2, 0.25) is 0 Å². The van der Waals surface area contributed by atoms with Crippen LogP contribution in [0.5, 0.6) is 0 Å². The fourth-order valence-electron chi connectivity index (χ4n) is 2.14. The van der Waals surface area contributed by atoms with Gasteiger partial charge in [-0.1, -0.05) is 12.1 Å². The Bertz CT molecular complexity index is 378. The van der Waals surface area contributed by atoms with Gasteiger partial charge >= 0.3 is 0 Å². The van der Waals surface area contributed by atoms with Crippen molar-refractivity contribution in [1.29, 1.82) is 5.26 Å². The van der Waals surface area contributed by atoms with Gasteiger partial charge in [0.15, 0.2) is 0 Å². The largest absolute Gasteiger partial charge is 0.207 e. The second kappa shape index (κ2) is 3.79. The molecule has 0 saturated carbocycles. The van der Waals surface area contributed by atoms with Crippen LogP contribution in [0, 0.1) is 23.1 Å². The third kappa shape index (κ3) is 1.63. The number of benzene rings is 1. The molecule has 0 spiro atoms. The standard InChI is InChI=1S/C12H12FN/c13-12-3-1-2-10-8-9(6-7-14)4-5-11(10)12/h1-3,9H,4-6,8H2. The Labute approximate surface area is 83.2 Å². The zero-order chi connectivity index (χ0) is 9.97. The number of nitriles is 1. The highest BCUT2D eigenvalue weighted by Crippen LogP contribution is 2.28. The Balaban J connectivity index is 2.24. The van der Waals surface area contributed by atoms with E-state index in [0.29, 0.717) is 12.3 Å². The highest BCUT2D eigenvalue weighted by Gasteiger charge is 2.20. The van der Waals surface area contributed by atoms with E-state index in [2.05, 4.69) is 6.07 Å². The fourth-order valence-corrected chi connectivity index (χ4v) is 2.14. The molecule has 0 aliphatic heterocycles. The molecule has 0 N–H and O–H groups in total. The molecule has 1 nitrogen and oxygen atoms in total. The van der Waals surface area contributed by atoms with Gasteiger partial charge < -0.3 is 0 Å². The molecule has 0 fully saturated rings. The van der Waals surface area contributed by atoms with Crippen LogP contribution in [0.4, 0.5) is 4.39 Å². The van der Waals surface area contributed by atoms with E-state index >= 15 is 0 Å².